The number of hydrogen-bond donors (Lipinski definition) is 0. The minimum Gasteiger partial charge on any atom is -0.458 e. The number of fused-ring (bicyclic) bond motifs is 8. The second kappa shape index (κ2) is 27.6. The molecule has 590 valence electrons. The lowest BCUT2D eigenvalue weighted by molar-refractivity contribution is 0.486. The largest absolute Gasteiger partial charge is 0.458 e. The lowest BCUT2D eigenvalue weighted by Crippen LogP contribution is -2.64. The lowest BCUT2D eigenvalue weighted by atomic mass is 9.30. The zero-order valence-corrected chi connectivity index (χ0v) is 74.4. The third-order valence-electron chi connectivity index (χ3n) is 25.1. The van der Waals surface area contributed by atoms with Gasteiger partial charge in [-0.25, -0.2) is 0 Å². The van der Waals surface area contributed by atoms with Gasteiger partial charge in [0.2, 0.25) is 0 Å². The normalized spacial score (nSPS) is 14.1. The molecular formula is C108H121B2N5O. The molecule has 12 aromatic rings. The summed E-state index contributed by atoms with van der Waals surface area (Å²) in [6, 6.07) is 95.7. The zero-order valence-electron chi connectivity index (χ0n) is 74.4. The molecule has 0 atom stereocenters. The zero-order chi connectivity index (χ0) is 83.0. The average molecular weight is 1530 g/mol. The summed E-state index contributed by atoms with van der Waals surface area (Å²) in [4.78, 5) is 12.9. The van der Waals surface area contributed by atoms with Crippen LogP contribution in [0.1, 0.15) is 237 Å². The molecule has 4 aliphatic heterocycles. The Kier molecular flexibility index (Phi) is 18.9. The summed E-state index contributed by atoms with van der Waals surface area (Å²) in [6.45, 7) is 62.3. The van der Waals surface area contributed by atoms with Crippen molar-refractivity contribution >= 4 is 132 Å². The van der Waals surface area contributed by atoms with E-state index in [1.54, 1.807) is 0 Å². The number of ether oxygens (including phenoxy) is 1. The fraction of sp³-hybridized carbons (Fsp3) is 0.333. The Morgan fingerprint density at radius 3 is 0.767 bits per heavy atom. The van der Waals surface area contributed by atoms with Crippen LogP contribution in [0.3, 0.4) is 0 Å². The fourth-order valence-corrected chi connectivity index (χ4v) is 17.9. The van der Waals surface area contributed by atoms with Crippen LogP contribution < -0.4 is 62.0 Å². The molecule has 0 bridgehead atoms. The average Bonchev–Trinajstić information content (AvgIpc) is 0.683. The van der Waals surface area contributed by atoms with Gasteiger partial charge >= 0.3 is 0 Å². The standard InChI is InChI=1S/C108H121B2N5O/c1-100(2,3)68-28-44-77(45-29-68)111(78-46-30-69(31-47-78)101(4,5)6)84-62-93-98-94(63-84)114(82-54-38-73(39-55-82)105(16,17)18)91-67-92-88(66-87(91)109(98)86-60-75(107(22,23)24)42-58-90(86)113(93)81-52-36-72(37-53-81)104(13,14)15)110-89-61-76(108(25,26)27)43-59-96(89)116-97-65-85(64-95(99(97)110)115(92)83-56-40-74(41-57-83)106(19,20)21)112(79-48-32-70(33-49-79)102(7,8)9)80-50-34-71(35-51-80)103(10,11)12/h28-67H,1-27H3. The van der Waals surface area contributed by atoms with E-state index in [1.165, 1.54) is 83.1 Å². The first-order chi connectivity index (χ1) is 54.2. The molecule has 0 unspecified atom stereocenters. The third kappa shape index (κ3) is 14.3. The van der Waals surface area contributed by atoms with Gasteiger partial charge in [0.25, 0.3) is 13.4 Å². The van der Waals surface area contributed by atoms with Gasteiger partial charge in [0, 0.05) is 80.0 Å². The van der Waals surface area contributed by atoms with Crippen molar-refractivity contribution in [3.63, 3.8) is 0 Å². The molecule has 0 N–H and O–H groups in total. The van der Waals surface area contributed by atoms with Crippen molar-refractivity contribution in [2.45, 2.75) is 236 Å². The number of rotatable bonds is 9. The quantitative estimate of drug-likeness (QED) is 0.134. The van der Waals surface area contributed by atoms with Crippen LogP contribution in [0.25, 0.3) is 0 Å². The van der Waals surface area contributed by atoms with Crippen molar-refractivity contribution < 1.29 is 4.74 Å². The lowest BCUT2D eigenvalue weighted by Gasteiger charge is -2.47. The Labute approximate surface area is 696 Å². The Morgan fingerprint density at radius 1 is 0.198 bits per heavy atom. The monoisotopic (exact) mass is 1530 g/mol. The molecule has 8 heteroatoms. The molecule has 0 aromatic heterocycles. The van der Waals surface area contributed by atoms with Gasteiger partial charge in [-0.3, -0.25) is 0 Å². The fourth-order valence-electron chi connectivity index (χ4n) is 17.9. The predicted octanol–water partition coefficient (Wildman–Crippen LogP) is 26.8. The summed E-state index contributed by atoms with van der Waals surface area (Å²) >= 11 is 0. The first-order valence-corrected chi connectivity index (χ1v) is 42.4. The first kappa shape index (κ1) is 79.4. The number of nitrogens with zero attached hydrogens (tertiary/aromatic N) is 5. The molecule has 16 rings (SSSR count). The highest BCUT2D eigenvalue weighted by atomic mass is 16.5. The highest BCUT2D eigenvalue weighted by molar-refractivity contribution is 7.02. The van der Waals surface area contributed by atoms with Gasteiger partial charge in [-0.2, -0.15) is 0 Å². The molecule has 12 aromatic carbocycles. The van der Waals surface area contributed by atoms with Crippen molar-refractivity contribution in [1.29, 1.82) is 0 Å². The molecular weight excluding hydrogens is 1400 g/mol. The third-order valence-corrected chi connectivity index (χ3v) is 25.1. The van der Waals surface area contributed by atoms with Crippen LogP contribution in [-0.2, 0) is 48.7 Å². The van der Waals surface area contributed by atoms with Gasteiger partial charge in [-0.15, -0.1) is 0 Å². The maximum absolute atomic E-state index is 7.72. The van der Waals surface area contributed by atoms with Crippen molar-refractivity contribution in [2.75, 3.05) is 24.5 Å². The minimum atomic E-state index is -0.261. The molecule has 0 fully saturated rings. The van der Waals surface area contributed by atoms with E-state index < -0.39 is 0 Å². The van der Waals surface area contributed by atoms with E-state index in [9.17, 15) is 0 Å². The van der Waals surface area contributed by atoms with Crippen molar-refractivity contribution in [3.05, 3.63) is 293 Å². The molecule has 116 heavy (non-hydrogen) atoms. The summed E-state index contributed by atoms with van der Waals surface area (Å²) in [7, 11) is 0. The van der Waals surface area contributed by atoms with Crippen molar-refractivity contribution in [1.82, 2.24) is 0 Å². The van der Waals surface area contributed by atoms with Crippen LogP contribution in [0.5, 0.6) is 11.5 Å². The highest BCUT2D eigenvalue weighted by Gasteiger charge is 2.50. The second-order valence-corrected chi connectivity index (χ2v) is 43.0. The van der Waals surface area contributed by atoms with E-state index in [4.69, 9.17) is 4.74 Å². The molecule has 0 spiro atoms. The van der Waals surface area contributed by atoms with Crippen molar-refractivity contribution in [2.24, 2.45) is 0 Å². The summed E-state index contributed by atoms with van der Waals surface area (Å²) in [5.74, 6) is 1.72. The predicted molar refractivity (Wildman–Crippen MR) is 504 cm³/mol. The Morgan fingerprint density at radius 2 is 0.448 bits per heavy atom. The maximum Gasteiger partial charge on any atom is 0.256 e. The van der Waals surface area contributed by atoms with Gasteiger partial charge in [-0.05, 0) is 253 Å². The van der Waals surface area contributed by atoms with Gasteiger partial charge in [-0.1, -0.05) is 302 Å². The molecule has 0 radical (unpaired) electrons. The van der Waals surface area contributed by atoms with Crippen molar-refractivity contribution in [3.8, 4) is 11.5 Å². The van der Waals surface area contributed by atoms with E-state index >= 15 is 0 Å². The van der Waals surface area contributed by atoms with E-state index in [0.29, 0.717) is 0 Å². The van der Waals surface area contributed by atoms with Crippen LogP contribution in [0, 0.1) is 0 Å². The van der Waals surface area contributed by atoms with Gasteiger partial charge in [0.15, 0.2) is 0 Å². The van der Waals surface area contributed by atoms with Crippen LogP contribution in [0.4, 0.5) is 85.3 Å². The van der Waals surface area contributed by atoms with Crippen LogP contribution >= 0.6 is 0 Å². The van der Waals surface area contributed by atoms with Crippen LogP contribution in [0.15, 0.2) is 243 Å². The topological polar surface area (TPSA) is 25.4 Å². The van der Waals surface area contributed by atoms with Gasteiger partial charge < -0.3 is 29.2 Å². The Balaban J connectivity index is 1.06. The SMILES string of the molecule is CC(C)(C)c1ccc(N(c2ccc(C(C)(C)C)cc2)c2cc3c4c(c2)N(c2ccc(C(C)(C)C)cc2)c2cc5c(cc2B4c2cc(C(C)(C)C)ccc2O3)B2c3cc(C(C)(C)C)ccc3N(c3ccc(C(C)(C)C)cc3)c3cc(N(c4ccc(C(C)(C)C)cc4)c4ccc(C(C)(C)C)cc4)cc(c32)N5c2ccc(C(C)(C)C)cc2)cc1. The smallest absolute Gasteiger partial charge is 0.256 e. The summed E-state index contributed by atoms with van der Waals surface area (Å²) in [5, 5.41) is 0. The van der Waals surface area contributed by atoms with E-state index in [2.05, 4.69) is 454 Å². The summed E-state index contributed by atoms with van der Waals surface area (Å²) in [5.41, 5.74) is 34.5. The maximum atomic E-state index is 7.72. The molecule has 4 aliphatic rings. The van der Waals surface area contributed by atoms with E-state index in [0.717, 1.165) is 96.6 Å². The molecule has 0 saturated carbocycles. The summed E-state index contributed by atoms with van der Waals surface area (Å²) in [6.07, 6.45) is 0. The minimum absolute atomic E-state index is 0.0439. The second-order valence-electron chi connectivity index (χ2n) is 43.0. The molecule has 0 saturated heterocycles. The molecule has 0 aliphatic carbocycles. The van der Waals surface area contributed by atoms with Crippen LogP contribution in [-0.4, -0.2) is 13.4 Å². The number of anilines is 15. The number of hydrogen-bond acceptors (Lipinski definition) is 6. The van der Waals surface area contributed by atoms with Gasteiger partial charge in [0.05, 0.1) is 11.4 Å². The molecule has 0 amide bonds. The van der Waals surface area contributed by atoms with Crippen LogP contribution in [0.2, 0.25) is 0 Å². The molecule has 4 heterocycles. The molecule has 6 nitrogen and oxygen atoms in total. The number of benzene rings is 12. The Hall–Kier alpha value is -10.4. The first-order valence-electron chi connectivity index (χ1n) is 42.4. The van der Waals surface area contributed by atoms with E-state index in [1.807, 2.05) is 0 Å². The van der Waals surface area contributed by atoms with E-state index in [-0.39, 0.29) is 62.2 Å². The Bertz CT molecular complexity index is 5660. The highest BCUT2D eigenvalue weighted by Crippen LogP contribution is 2.53. The van der Waals surface area contributed by atoms with Gasteiger partial charge in [0.1, 0.15) is 11.5 Å². The summed E-state index contributed by atoms with van der Waals surface area (Å²) < 4.78 is 7.72.